The van der Waals surface area contributed by atoms with E-state index in [-0.39, 0.29) is 33.6 Å². The number of nitrogens with zero attached hydrogens (tertiary/aromatic N) is 2. The van der Waals surface area contributed by atoms with Crippen molar-refractivity contribution < 1.29 is 18.4 Å². The molecule has 0 aliphatic carbocycles. The van der Waals surface area contributed by atoms with E-state index in [9.17, 15) is 14.0 Å². The van der Waals surface area contributed by atoms with Crippen LogP contribution in [0.1, 0.15) is 28.9 Å². The van der Waals surface area contributed by atoms with E-state index < -0.39 is 23.1 Å². The summed E-state index contributed by atoms with van der Waals surface area (Å²) >= 11 is 6.40. The number of aromatic nitrogens is 1. The molecule has 154 valence electrons. The zero-order chi connectivity index (χ0) is 21.0. The lowest BCUT2D eigenvalue weighted by atomic mass is 9.91. The van der Waals surface area contributed by atoms with Gasteiger partial charge in [-0.3, -0.25) is 9.59 Å². The molecule has 0 unspecified atom stereocenters. The van der Waals surface area contributed by atoms with Gasteiger partial charge in [-0.25, -0.2) is 8.78 Å². The van der Waals surface area contributed by atoms with Crippen LogP contribution in [0.4, 0.5) is 14.5 Å². The molecule has 2 aliphatic rings. The predicted molar refractivity (Wildman–Crippen MR) is 107 cm³/mol. The number of rotatable bonds is 3. The lowest BCUT2D eigenvalue weighted by Crippen LogP contribution is -2.50. The second-order valence-electron chi connectivity index (χ2n) is 7.62. The molecule has 3 heterocycles. The summed E-state index contributed by atoms with van der Waals surface area (Å²) in [5, 5.41) is 0.443. The fourth-order valence-electron chi connectivity index (χ4n) is 4.71. The Bertz CT molecular complexity index is 1050. The first-order valence-corrected chi connectivity index (χ1v) is 9.80. The number of carbonyl (C=O) groups is 2. The lowest BCUT2D eigenvalue weighted by molar-refractivity contribution is -0.127. The van der Waals surface area contributed by atoms with Gasteiger partial charge in [0.1, 0.15) is 5.56 Å². The molecule has 2 saturated heterocycles. The van der Waals surface area contributed by atoms with E-state index in [4.69, 9.17) is 17.3 Å². The molecule has 0 saturated carbocycles. The van der Waals surface area contributed by atoms with Gasteiger partial charge in [-0.05, 0) is 31.8 Å². The number of piperidine rings is 1. The zero-order valence-corrected chi connectivity index (χ0v) is 16.7. The molecule has 0 radical (unpaired) electrons. The second-order valence-corrected chi connectivity index (χ2v) is 7.99. The summed E-state index contributed by atoms with van der Waals surface area (Å²) in [4.78, 5) is 30.3. The van der Waals surface area contributed by atoms with E-state index in [0.29, 0.717) is 31.2 Å². The van der Waals surface area contributed by atoms with Crippen molar-refractivity contribution in [2.75, 3.05) is 24.5 Å². The highest BCUT2D eigenvalue weighted by Gasteiger charge is 2.41. The van der Waals surface area contributed by atoms with Crippen LogP contribution in [0.15, 0.2) is 12.7 Å². The third kappa shape index (κ3) is 2.88. The Morgan fingerprint density at radius 1 is 1.28 bits per heavy atom. The van der Waals surface area contributed by atoms with Crippen LogP contribution in [0.5, 0.6) is 0 Å². The van der Waals surface area contributed by atoms with E-state index in [0.717, 1.165) is 12.8 Å². The predicted octanol–water partition coefficient (Wildman–Crippen LogP) is 3.12. The maximum Gasteiger partial charge on any atom is 0.253 e. The molecule has 2 amide bonds. The number of primary amides is 1. The molecule has 3 N–H and O–H groups in total. The van der Waals surface area contributed by atoms with E-state index in [1.165, 1.54) is 6.08 Å². The van der Waals surface area contributed by atoms with Gasteiger partial charge in [0.25, 0.3) is 5.91 Å². The van der Waals surface area contributed by atoms with Crippen molar-refractivity contribution in [1.29, 1.82) is 0 Å². The molecule has 6 nitrogen and oxygen atoms in total. The fraction of sp³-hybridized carbons (Fsp3) is 0.400. The van der Waals surface area contributed by atoms with Gasteiger partial charge in [0.05, 0.1) is 22.3 Å². The van der Waals surface area contributed by atoms with Crippen LogP contribution in [0, 0.1) is 24.5 Å². The maximum absolute atomic E-state index is 15.2. The van der Waals surface area contributed by atoms with Crippen LogP contribution < -0.4 is 10.6 Å². The number of amides is 2. The number of hydrogen-bond acceptors (Lipinski definition) is 3. The molecular formula is C20H21ClF2N4O2. The number of likely N-dealkylation sites (tertiary alicyclic amines) is 1. The van der Waals surface area contributed by atoms with Crippen molar-refractivity contribution in [3.63, 3.8) is 0 Å². The number of benzene rings is 1. The van der Waals surface area contributed by atoms with Crippen LogP contribution in [-0.2, 0) is 4.79 Å². The van der Waals surface area contributed by atoms with Gasteiger partial charge in [0.15, 0.2) is 11.6 Å². The molecule has 2 aromatic rings. The van der Waals surface area contributed by atoms with Crippen molar-refractivity contribution in [2.24, 2.45) is 11.7 Å². The molecule has 2 fully saturated rings. The topological polar surface area (TPSA) is 82.4 Å². The van der Waals surface area contributed by atoms with E-state index in [1.54, 1.807) is 16.7 Å². The highest BCUT2D eigenvalue weighted by Crippen LogP contribution is 2.43. The van der Waals surface area contributed by atoms with Crippen LogP contribution in [0.25, 0.3) is 10.9 Å². The number of hydrogen-bond donors (Lipinski definition) is 2. The fourth-order valence-corrected chi connectivity index (χ4v) is 4.94. The molecule has 29 heavy (non-hydrogen) atoms. The Hall–Kier alpha value is -2.61. The van der Waals surface area contributed by atoms with Gasteiger partial charge in [-0.1, -0.05) is 18.2 Å². The van der Waals surface area contributed by atoms with E-state index in [1.807, 2.05) is 0 Å². The van der Waals surface area contributed by atoms with Gasteiger partial charge >= 0.3 is 0 Å². The average Bonchev–Trinajstić information content (AvgIpc) is 3.23. The van der Waals surface area contributed by atoms with Gasteiger partial charge in [-0.15, -0.1) is 0 Å². The van der Waals surface area contributed by atoms with Crippen molar-refractivity contribution in [1.82, 2.24) is 9.88 Å². The minimum Gasteiger partial charge on any atom is -0.366 e. The first-order valence-electron chi connectivity index (χ1n) is 9.42. The summed E-state index contributed by atoms with van der Waals surface area (Å²) < 4.78 is 30.0. The van der Waals surface area contributed by atoms with Crippen molar-refractivity contribution in [2.45, 2.75) is 25.8 Å². The van der Waals surface area contributed by atoms with E-state index >= 15 is 4.39 Å². The number of nitrogens with two attached hydrogens (primary N) is 1. The highest BCUT2D eigenvalue weighted by molar-refractivity contribution is 6.38. The van der Waals surface area contributed by atoms with Crippen LogP contribution >= 0.6 is 11.6 Å². The number of nitrogens with one attached hydrogen (secondary N) is 1. The Morgan fingerprint density at radius 3 is 2.62 bits per heavy atom. The molecule has 0 bridgehead atoms. The third-order valence-electron chi connectivity index (χ3n) is 6.10. The zero-order valence-electron chi connectivity index (χ0n) is 15.9. The Morgan fingerprint density at radius 2 is 1.97 bits per heavy atom. The first-order chi connectivity index (χ1) is 13.8. The highest BCUT2D eigenvalue weighted by atomic mass is 35.5. The molecule has 1 aromatic carbocycles. The van der Waals surface area contributed by atoms with Gasteiger partial charge in [0.2, 0.25) is 5.91 Å². The maximum atomic E-state index is 15.2. The second kappa shape index (κ2) is 7.02. The van der Waals surface area contributed by atoms with Crippen molar-refractivity contribution in [3.05, 3.63) is 40.6 Å². The van der Waals surface area contributed by atoms with Crippen molar-refractivity contribution in [3.8, 4) is 0 Å². The number of carbonyl (C=O) groups excluding carboxylic acids is 2. The summed E-state index contributed by atoms with van der Waals surface area (Å²) in [6.45, 7) is 6.64. The quantitative estimate of drug-likeness (QED) is 0.745. The minimum atomic E-state index is -1.30. The standard InChI is InChI=1S/C20H21ClF2N4O2/c1-3-12(28)27-7-5-10-4-6-26(8-11(10)27)19-13-15(21)9(2)25-18(13)14(20(24)29)16(22)17(19)23/h3,10-11,25H,1,4-8H2,2H3,(H2,24,29)/t10-,11-/m0/s1. The Kier molecular flexibility index (Phi) is 4.77. The summed E-state index contributed by atoms with van der Waals surface area (Å²) in [6.07, 6.45) is 2.87. The minimum absolute atomic E-state index is 0.00629. The summed E-state index contributed by atoms with van der Waals surface area (Å²) in [5.41, 5.74) is 5.31. The summed E-state index contributed by atoms with van der Waals surface area (Å²) in [5.74, 6) is -3.41. The van der Waals surface area contributed by atoms with Gasteiger partial charge in [0, 0.05) is 30.7 Å². The van der Waals surface area contributed by atoms with Gasteiger partial charge in [-0.2, -0.15) is 0 Å². The molecule has 0 spiro atoms. The SMILES string of the molecule is C=CC(=O)N1CC[C@@H]2CCN(c3c(F)c(F)c(C(N)=O)c4[nH]c(C)c(Cl)c34)C[C@@H]21. The Balaban J connectivity index is 1.85. The number of aromatic amines is 1. The van der Waals surface area contributed by atoms with E-state index in [2.05, 4.69) is 11.6 Å². The summed E-state index contributed by atoms with van der Waals surface area (Å²) in [6, 6.07) is -0.124. The molecular weight excluding hydrogens is 402 g/mol. The largest absolute Gasteiger partial charge is 0.366 e. The molecule has 2 atom stereocenters. The number of aryl methyl sites for hydroxylation is 1. The molecule has 1 aromatic heterocycles. The summed E-state index contributed by atoms with van der Waals surface area (Å²) in [7, 11) is 0. The number of H-pyrrole nitrogens is 1. The smallest absolute Gasteiger partial charge is 0.253 e. The molecule has 2 aliphatic heterocycles. The lowest BCUT2D eigenvalue weighted by Gasteiger charge is -2.39. The van der Waals surface area contributed by atoms with Gasteiger partial charge < -0.3 is 20.5 Å². The van der Waals surface area contributed by atoms with Crippen LogP contribution in [0.2, 0.25) is 5.02 Å². The molecule has 9 heteroatoms. The monoisotopic (exact) mass is 422 g/mol. The normalized spacial score (nSPS) is 21.5. The van der Waals surface area contributed by atoms with Crippen LogP contribution in [0.3, 0.4) is 0 Å². The molecule has 4 rings (SSSR count). The third-order valence-corrected chi connectivity index (χ3v) is 6.57. The first kappa shape index (κ1) is 19.7. The van der Waals surface area contributed by atoms with Crippen LogP contribution in [-0.4, -0.2) is 47.4 Å². The average molecular weight is 423 g/mol. The van der Waals surface area contributed by atoms with Crippen molar-refractivity contribution >= 4 is 40.0 Å². The number of anilines is 1. The Labute approximate surface area is 171 Å². The number of halogens is 3. The number of fused-ring (bicyclic) bond motifs is 2.